The summed E-state index contributed by atoms with van der Waals surface area (Å²) in [5.74, 6) is -0.0758. The first-order chi connectivity index (χ1) is 12.0. The molecule has 4 aromatic rings. The van der Waals surface area contributed by atoms with Crippen LogP contribution in [0.2, 0.25) is 0 Å². The van der Waals surface area contributed by atoms with Gasteiger partial charge in [0.25, 0.3) is 11.5 Å². The van der Waals surface area contributed by atoms with Crippen LogP contribution < -0.4 is 11.3 Å². The van der Waals surface area contributed by atoms with Gasteiger partial charge in [-0.25, -0.2) is 9.50 Å². The highest BCUT2D eigenvalue weighted by Gasteiger charge is 2.11. The number of nitrogens with zero attached hydrogens (tertiary/aromatic N) is 3. The van der Waals surface area contributed by atoms with E-state index >= 15 is 0 Å². The summed E-state index contributed by atoms with van der Waals surface area (Å²) in [6, 6.07) is 11.1. The predicted molar refractivity (Wildman–Crippen MR) is 96.8 cm³/mol. The molecule has 0 aliphatic carbocycles. The number of para-hydroxylation sites is 1. The summed E-state index contributed by atoms with van der Waals surface area (Å²) >= 11 is 1.62. The Hall–Kier alpha value is -3.00. The van der Waals surface area contributed by atoms with Gasteiger partial charge in [0.05, 0.1) is 5.69 Å². The number of hydrogen-bond donors (Lipinski definition) is 2. The topological polar surface area (TPSA) is 98.2 Å². The van der Waals surface area contributed by atoms with Gasteiger partial charge in [-0.3, -0.25) is 14.7 Å². The van der Waals surface area contributed by atoms with E-state index in [4.69, 9.17) is 5.73 Å². The van der Waals surface area contributed by atoms with Gasteiger partial charge in [-0.05, 0) is 6.07 Å². The van der Waals surface area contributed by atoms with Crippen molar-refractivity contribution in [1.82, 2.24) is 19.2 Å². The molecule has 1 aromatic carbocycles. The molecule has 3 aromatic heterocycles. The highest BCUT2D eigenvalue weighted by atomic mass is 32.2. The Bertz CT molecular complexity index is 1170. The average molecular weight is 353 g/mol. The molecule has 0 fully saturated rings. The number of primary amides is 1. The number of H-pyrrole nitrogens is 1. The largest absolute Gasteiger partial charge is 0.364 e. The second-order valence-electron chi connectivity index (χ2n) is 5.72. The second-order valence-corrected chi connectivity index (χ2v) is 6.74. The normalized spacial score (nSPS) is 11.4. The molecule has 0 radical (unpaired) electrons. The van der Waals surface area contributed by atoms with Crippen molar-refractivity contribution in [3.05, 3.63) is 64.3 Å². The molecule has 3 N–H and O–H groups in total. The van der Waals surface area contributed by atoms with E-state index in [1.807, 2.05) is 19.2 Å². The zero-order valence-electron chi connectivity index (χ0n) is 13.4. The van der Waals surface area contributed by atoms with Crippen LogP contribution >= 0.6 is 11.8 Å². The van der Waals surface area contributed by atoms with Gasteiger partial charge in [-0.2, -0.15) is 0 Å². The van der Waals surface area contributed by atoms with Crippen LogP contribution in [0.1, 0.15) is 16.2 Å². The summed E-state index contributed by atoms with van der Waals surface area (Å²) in [6.45, 7) is 0. The monoisotopic (exact) mass is 353 g/mol. The molecule has 25 heavy (non-hydrogen) atoms. The number of benzene rings is 1. The number of aromatic amines is 1. The maximum Gasteiger partial charge on any atom is 0.272 e. The minimum absolute atomic E-state index is 0.156. The number of thioether (sulfide) groups is 1. The highest BCUT2D eigenvalue weighted by Crippen LogP contribution is 2.31. The van der Waals surface area contributed by atoms with Crippen molar-refractivity contribution < 1.29 is 4.79 Å². The number of amides is 1. The third-order valence-electron chi connectivity index (χ3n) is 4.00. The Kier molecular flexibility index (Phi) is 3.61. The molecule has 0 saturated heterocycles. The summed E-state index contributed by atoms with van der Waals surface area (Å²) in [5, 5.41) is 3.82. The van der Waals surface area contributed by atoms with E-state index in [-0.39, 0.29) is 11.3 Å². The summed E-state index contributed by atoms with van der Waals surface area (Å²) in [5.41, 5.74) is 7.31. The summed E-state index contributed by atoms with van der Waals surface area (Å²) < 4.78 is 3.29. The molecule has 0 spiro atoms. The molecule has 0 unspecified atom stereocenters. The number of aryl methyl sites for hydroxylation is 1. The molecule has 0 aliphatic heterocycles. The average Bonchev–Trinajstić information content (AvgIpc) is 3.16. The van der Waals surface area contributed by atoms with Crippen LogP contribution in [-0.4, -0.2) is 25.1 Å². The zero-order valence-corrected chi connectivity index (χ0v) is 14.2. The smallest absolute Gasteiger partial charge is 0.272 e. The van der Waals surface area contributed by atoms with E-state index in [1.165, 1.54) is 22.0 Å². The van der Waals surface area contributed by atoms with Crippen molar-refractivity contribution >= 4 is 34.2 Å². The number of fused-ring (bicyclic) bond motifs is 2. The molecule has 126 valence electrons. The first-order valence-corrected chi connectivity index (χ1v) is 8.60. The molecule has 3 heterocycles. The van der Waals surface area contributed by atoms with E-state index in [0.717, 1.165) is 10.4 Å². The van der Waals surface area contributed by atoms with Crippen molar-refractivity contribution in [2.75, 3.05) is 0 Å². The molecule has 0 saturated carbocycles. The Morgan fingerprint density at radius 2 is 2.12 bits per heavy atom. The fourth-order valence-corrected chi connectivity index (χ4v) is 3.82. The zero-order chi connectivity index (χ0) is 17.6. The predicted octanol–water partition coefficient (Wildman–Crippen LogP) is 1.91. The van der Waals surface area contributed by atoms with Crippen LogP contribution in [0.25, 0.3) is 16.6 Å². The maximum atomic E-state index is 12.2. The number of aromatic nitrogens is 4. The number of carbonyl (C=O) groups excluding carboxylic acids is 1. The number of hydrogen-bond acceptors (Lipinski definition) is 4. The van der Waals surface area contributed by atoms with Crippen LogP contribution in [0.4, 0.5) is 0 Å². The Labute approximate surface area is 146 Å². The summed E-state index contributed by atoms with van der Waals surface area (Å²) in [7, 11) is 2.01. The molecule has 4 rings (SSSR count). The van der Waals surface area contributed by atoms with Crippen LogP contribution in [-0.2, 0) is 12.8 Å². The molecule has 0 aliphatic rings. The fourth-order valence-electron chi connectivity index (χ4n) is 2.81. The fraction of sp³-hybridized carbons (Fsp3) is 0.118. The molecule has 1 amide bonds. The van der Waals surface area contributed by atoms with E-state index in [2.05, 4.69) is 33.0 Å². The number of rotatable bonds is 4. The van der Waals surface area contributed by atoms with Crippen molar-refractivity contribution in [3.8, 4) is 0 Å². The number of carbonyl (C=O) groups is 1. The molecule has 8 heteroatoms. The lowest BCUT2D eigenvalue weighted by atomic mass is 10.2. The Morgan fingerprint density at radius 3 is 2.92 bits per heavy atom. The third-order valence-corrected chi connectivity index (χ3v) is 5.08. The van der Waals surface area contributed by atoms with Crippen LogP contribution in [0.5, 0.6) is 0 Å². The lowest BCUT2D eigenvalue weighted by molar-refractivity contribution is 0.0995. The van der Waals surface area contributed by atoms with E-state index in [0.29, 0.717) is 17.1 Å². The molecule has 0 atom stereocenters. The van der Waals surface area contributed by atoms with Gasteiger partial charge in [0.1, 0.15) is 5.69 Å². The van der Waals surface area contributed by atoms with Crippen molar-refractivity contribution in [2.24, 2.45) is 12.8 Å². The van der Waals surface area contributed by atoms with Gasteiger partial charge in [0.2, 0.25) is 0 Å². The van der Waals surface area contributed by atoms with E-state index < -0.39 is 5.91 Å². The molecular formula is C17H15N5O2S. The minimum atomic E-state index is -0.628. The first kappa shape index (κ1) is 15.5. The summed E-state index contributed by atoms with van der Waals surface area (Å²) in [4.78, 5) is 29.0. The lowest BCUT2D eigenvalue weighted by Crippen LogP contribution is -2.17. The molecule has 7 nitrogen and oxygen atoms in total. The maximum absolute atomic E-state index is 12.2. The van der Waals surface area contributed by atoms with Gasteiger partial charge < -0.3 is 10.3 Å². The van der Waals surface area contributed by atoms with Crippen molar-refractivity contribution in [3.63, 3.8) is 0 Å². The Balaban J connectivity index is 1.66. The van der Waals surface area contributed by atoms with E-state index in [1.54, 1.807) is 11.8 Å². The quantitative estimate of drug-likeness (QED) is 0.548. The summed E-state index contributed by atoms with van der Waals surface area (Å²) in [6.07, 6.45) is 2.07. The molecular weight excluding hydrogens is 338 g/mol. The van der Waals surface area contributed by atoms with Gasteiger partial charge in [0.15, 0.2) is 5.65 Å². The Morgan fingerprint density at radius 1 is 1.32 bits per heavy atom. The third kappa shape index (κ3) is 2.70. The second kappa shape index (κ2) is 5.82. The minimum Gasteiger partial charge on any atom is -0.364 e. The van der Waals surface area contributed by atoms with Gasteiger partial charge in [0, 0.05) is 46.9 Å². The number of nitrogens with one attached hydrogen (secondary N) is 1. The standard InChI is InChI=1S/C17H15N5O2S/c1-21-8-14(11-4-2-3-5-13(11)21)25-9-10-6-16(23)22-15(19-10)7-12(20-22)17(18)24/h2-8,20H,9H2,1H3,(H2,18,24). The first-order valence-electron chi connectivity index (χ1n) is 7.61. The van der Waals surface area contributed by atoms with E-state index in [9.17, 15) is 9.59 Å². The van der Waals surface area contributed by atoms with Crippen molar-refractivity contribution in [1.29, 1.82) is 0 Å². The van der Waals surface area contributed by atoms with Crippen molar-refractivity contribution in [2.45, 2.75) is 10.6 Å². The lowest BCUT2D eigenvalue weighted by Gasteiger charge is -2.01. The van der Waals surface area contributed by atoms with Crippen LogP contribution in [0.15, 0.2) is 52.3 Å². The molecule has 0 bridgehead atoms. The van der Waals surface area contributed by atoms with Gasteiger partial charge >= 0.3 is 0 Å². The highest BCUT2D eigenvalue weighted by molar-refractivity contribution is 7.98. The number of nitrogens with two attached hydrogens (primary N) is 1. The van der Waals surface area contributed by atoms with Gasteiger partial charge in [-0.1, -0.05) is 18.2 Å². The van der Waals surface area contributed by atoms with Crippen LogP contribution in [0, 0.1) is 0 Å². The SMILES string of the molecule is Cn1cc(SCc2cc(=O)n3[nH]c(C(N)=O)cc3n2)c2ccccc21. The van der Waals surface area contributed by atoms with Crippen LogP contribution in [0.3, 0.4) is 0 Å². The van der Waals surface area contributed by atoms with Gasteiger partial charge in [-0.15, -0.1) is 11.8 Å².